The van der Waals surface area contributed by atoms with Gasteiger partial charge in [-0.05, 0) is 6.08 Å². The molecule has 1 aromatic heterocycles. The second-order valence-electron chi connectivity index (χ2n) is 3.26. The normalized spacial score (nSPS) is 13.0. The molecule has 1 aliphatic heterocycles. The highest BCUT2D eigenvalue weighted by molar-refractivity contribution is 5.73. The van der Waals surface area contributed by atoms with E-state index in [1.165, 1.54) is 6.20 Å². The highest BCUT2D eigenvalue weighted by Gasteiger charge is 2.08. The van der Waals surface area contributed by atoms with Crippen LogP contribution in [-0.4, -0.2) is 15.5 Å². The van der Waals surface area contributed by atoms with Crippen molar-refractivity contribution in [3.8, 4) is 0 Å². The standard InChI is InChI=1S/C9H9N4O3/c10-7(14)4-13-8(15)5-3-11-2-1-6(5)12-9(13)16/h1-3,11H,4H2,(H2,10,14)(H,12,16). The average Bonchev–Trinajstić information content (AvgIpc) is 2.24. The van der Waals surface area contributed by atoms with E-state index in [4.69, 9.17) is 5.73 Å². The van der Waals surface area contributed by atoms with Crippen molar-refractivity contribution in [2.24, 2.45) is 5.73 Å². The molecule has 1 aliphatic rings. The topological polar surface area (TPSA) is 110 Å². The van der Waals surface area contributed by atoms with Crippen molar-refractivity contribution >= 4 is 18.2 Å². The largest absolute Gasteiger partial charge is 0.381 e. The third-order valence-electron chi connectivity index (χ3n) is 2.14. The lowest BCUT2D eigenvalue weighted by Gasteiger charge is -2.05. The summed E-state index contributed by atoms with van der Waals surface area (Å²) in [7, 11) is 0. The van der Waals surface area contributed by atoms with E-state index in [0.717, 1.165) is 4.57 Å². The minimum atomic E-state index is -0.744. The minimum Gasteiger partial charge on any atom is -0.381 e. The molecule has 1 aromatic rings. The number of rotatable bonds is 2. The number of primary amides is 1. The molecule has 1 amide bonds. The number of H-pyrrole nitrogens is 1. The first-order valence-corrected chi connectivity index (χ1v) is 4.51. The Labute approximate surface area is 88.9 Å². The Morgan fingerprint density at radius 3 is 2.88 bits per heavy atom. The number of fused-ring (bicyclic) bond motifs is 1. The summed E-state index contributed by atoms with van der Waals surface area (Å²) in [6.07, 6.45) is 3.01. The summed E-state index contributed by atoms with van der Waals surface area (Å²) in [5.41, 5.74) is 3.75. The van der Waals surface area contributed by atoms with E-state index in [9.17, 15) is 14.4 Å². The Bertz CT molecular complexity index is 667. The number of amides is 1. The van der Waals surface area contributed by atoms with Crippen molar-refractivity contribution in [2.45, 2.75) is 6.54 Å². The molecule has 1 radical (unpaired) electrons. The van der Waals surface area contributed by atoms with Gasteiger partial charge in [0.15, 0.2) is 0 Å². The van der Waals surface area contributed by atoms with Crippen LogP contribution in [0.4, 0.5) is 0 Å². The highest BCUT2D eigenvalue weighted by atomic mass is 16.2. The van der Waals surface area contributed by atoms with Crippen molar-refractivity contribution in [1.82, 2.24) is 14.9 Å². The van der Waals surface area contributed by atoms with Gasteiger partial charge >= 0.3 is 5.69 Å². The number of nitrogens with zero attached hydrogens (tertiary/aromatic N) is 1. The number of carbonyl (C=O) groups excluding carboxylic acids is 1. The Kier molecular flexibility index (Phi) is 2.35. The van der Waals surface area contributed by atoms with Gasteiger partial charge in [0.05, 0.1) is 17.1 Å². The highest BCUT2D eigenvalue weighted by Crippen LogP contribution is 1.73. The first kappa shape index (κ1) is 10.2. The van der Waals surface area contributed by atoms with E-state index in [2.05, 4.69) is 10.3 Å². The van der Waals surface area contributed by atoms with Gasteiger partial charge < -0.3 is 16.0 Å². The maximum Gasteiger partial charge on any atom is 0.329 e. The average molecular weight is 221 g/mol. The lowest BCUT2D eigenvalue weighted by molar-refractivity contribution is -0.118. The SMILES string of the molecule is NC(=O)Cn1c(=O)[nH]c2c(c1=O)=CN[CH]C=2. The molecule has 0 aliphatic carbocycles. The number of aromatic nitrogens is 2. The summed E-state index contributed by atoms with van der Waals surface area (Å²) in [6.45, 7) is 1.15. The molecule has 2 heterocycles. The van der Waals surface area contributed by atoms with Crippen molar-refractivity contribution in [1.29, 1.82) is 0 Å². The minimum absolute atomic E-state index is 0.295. The summed E-state index contributed by atoms with van der Waals surface area (Å²) < 4.78 is 0.762. The van der Waals surface area contributed by atoms with E-state index in [1.54, 1.807) is 12.6 Å². The number of aromatic amines is 1. The molecule has 0 aromatic carbocycles. The quantitative estimate of drug-likeness (QED) is 0.477. The van der Waals surface area contributed by atoms with Crippen LogP contribution in [0.15, 0.2) is 9.59 Å². The number of hydrogen-bond acceptors (Lipinski definition) is 4. The molecule has 2 rings (SSSR count). The van der Waals surface area contributed by atoms with Gasteiger partial charge in [0.25, 0.3) is 5.56 Å². The summed E-state index contributed by atoms with van der Waals surface area (Å²) in [5.74, 6) is -0.744. The van der Waals surface area contributed by atoms with Crippen LogP contribution in [0, 0.1) is 6.54 Å². The first-order valence-electron chi connectivity index (χ1n) is 4.51. The molecule has 0 saturated heterocycles. The first-order chi connectivity index (χ1) is 7.59. The van der Waals surface area contributed by atoms with Gasteiger partial charge in [0.1, 0.15) is 6.54 Å². The van der Waals surface area contributed by atoms with Crippen molar-refractivity contribution in [3.63, 3.8) is 0 Å². The van der Waals surface area contributed by atoms with Crippen molar-refractivity contribution in [2.75, 3.05) is 0 Å². The zero-order valence-electron chi connectivity index (χ0n) is 8.19. The van der Waals surface area contributed by atoms with Gasteiger partial charge in [-0.15, -0.1) is 0 Å². The van der Waals surface area contributed by atoms with Crippen LogP contribution in [0.5, 0.6) is 0 Å². The van der Waals surface area contributed by atoms with Crippen molar-refractivity contribution in [3.05, 3.63) is 38.0 Å². The monoisotopic (exact) mass is 221 g/mol. The van der Waals surface area contributed by atoms with Crippen molar-refractivity contribution < 1.29 is 4.79 Å². The molecule has 7 nitrogen and oxygen atoms in total. The smallest absolute Gasteiger partial charge is 0.329 e. The molecule has 0 atom stereocenters. The van der Waals surface area contributed by atoms with Gasteiger partial charge in [0.2, 0.25) is 5.91 Å². The lowest BCUT2D eigenvalue weighted by atomic mass is 10.3. The van der Waals surface area contributed by atoms with Gasteiger partial charge in [-0.3, -0.25) is 14.2 Å². The third kappa shape index (κ3) is 1.62. The van der Waals surface area contributed by atoms with E-state index in [0.29, 0.717) is 10.6 Å². The number of hydrogen-bond donors (Lipinski definition) is 3. The Hall–Kier alpha value is -2.31. The van der Waals surface area contributed by atoms with Crippen LogP contribution < -0.4 is 32.9 Å². The summed E-state index contributed by atoms with van der Waals surface area (Å²) >= 11 is 0. The fraction of sp³-hybridized carbons (Fsp3) is 0.111. The molecule has 7 heteroatoms. The van der Waals surface area contributed by atoms with Crippen LogP contribution in [-0.2, 0) is 11.3 Å². The molecular formula is C9H9N4O3. The zero-order chi connectivity index (χ0) is 11.7. The van der Waals surface area contributed by atoms with Crippen LogP contribution in [0.1, 0.15) is 0 Å². The van der Waals surface area contributed by atoms with Gasteiger partial charge in [-0.25, -0.2) is 4.79 Å². The Morgan fingerprint density at radius 2 is 2.19 bits per heavy atom. The second-order valence-corrected chi connectivity index (χ2v) is 3.26. The van der Waals surface area contributed by atoms with Gasteiger partial charge in [-0.1, -0.05) is 0 Å². The van der Waals surface area contributed by atoms with Crippen LogP contribution >= 0.6 is 0 Å². The van der Waals surface area contributed by atoms with Crippen LogP contribution in [0.3, 0.4) is 0 Å². The fourth-order valence-corrected chi connectivity index (χ4v) is 1.44. The predicted molar refractivity (Wildman–Crippen MR) is 56.1 cm³/mol. The van der Waals surface area contributed by atoms with Gasteiger partial charge in [-0.2, -0.15) is 0 Å². The van der Waals surface area contributed by atoms with Crippen LogP contribution in [0.2, 0.25) is 0 Å². The van der Waals surface area contributed by atoms with E-state index in [1.807, 2.05) is 0 Å². The molecular weight excluding hydrogens is 212 g/mol. The maximum absolute atomic E-state index is 11.8. The molecule has 0 unspecified atom stereocenters. The molecule has 16 heavy (non-hydrogen) atoms. The summed E-state index contributed by atoms with van der Waals surface area (Å²) in [6, 6.07) is 0. The summed E-state index contributed by atoms with van der Waals surface area (Å²) in [4.78, 5) is 36.5. The molecule has 83 valence electrons. The molecule has 0 fully saturated rings. The molecule has 0 saturated carbocycles. The third-order valence-corrected chi connectivity index (χ3v) is 2.14. The lowest BCUT2D eigenvalue weighted by Crippen LogP contribution is -2.56. The number of nitrogens with two attached hydrogens (primary N) is 1. The van der Waals surface area contributed by atoms with E-state index in [-0.39, 0.29) is 0 Å². The maximum atomic E-state index is 11.8. The molecule has 0 spiro atoms. The van der Waals surface area contributed by atoms with Crippen LogP contribution in [0.25, 0.3) is 12.3 Å². The Morgan fingerprint density at radius 1 is 1.44 bits per heavy atom. The Balaban J connectivity index is 2.80. The van der Waals surface area contributed by atoms with E-state index < -0.39 is 23.7 Å². The predicted octanol–water partition coefficient (Wildman–Crippen LogP) is -3.69. The van der Waals surface area contributed by atoms with E-state index >= 15 is 0 Å². The zero-order valence-corrected chi connectivity index (χ0v) is 8.19. The molecule has 4 N–H and O–H groups in total. The number of carbonyl (C=O) groups is 1. The summed E-state index contributed by atoms with van der Waals surface area (Å²) in [5, 5.41) is 3.43. The fourth-order valence-electron chi connectivity index (χ4n) is 1.44. The number of nitrogens with one attached hydrogen (secondary N) is 2. The second kappa shape index (κ2) is 3.69. The van der Waals surface area contributed by atoms with Gasteiger partial charge in [0, 0.05) is 6.20 Å². The molecule has 0 bridgehead atoms.